The summed E-state index contributed by atoms with van der Waals surface area (Å²) in [6.07, 6.45) is 2.08. The lowest BCUT2D eigenvalue weighted by molar-refractivity contribution is 0.141. The minimum absolute atomic E-state index is 0.0486. The van der Waals surface area contributed by atoms with E-state index in [4.69, 9.17) is 14.7 Å². The Labute approximate surface area is 79.3 Å². The molecule has 1 unspecified atom stereocenters. The number of nitrogens with zero attached hydrogens (tertiary/aromatic N) is 2. The topological polar surface area (TPSA) is 98.3 Å². The van der Waals surface area contributed by atoms with Crippen LogP contribution in [0, 0.1) is 0 Å². The van der Waals surface area contributed by atoms with Gasteiger partial charge in [-0.15, -0.1) is 0 Å². The van der Waals surface area contributed by atoms with Crippen molar-refractivity contribution >= 4 is 0 Å². The molecule has 0 aliphatic carbocycles. The van der Waals surface area contributed by atoms with E-state index in [0.717, 1.165) is 0 Å². The molecular weight excluding hydrogens is 186 g/mol. The van der Waals surface area contributed by atoms with Gasteiger partial charge in [0.05, 0.1) is 11.8 Å². The first-order valence-corrected chi connectivity index (χ1v) is 4.05. The average Bonchev–Trinajstić information content (AvgIpc) is 2.86. The van der Waals surface area contributed by atoms with Crippen LogP contribution in [-0.2, 0) is 0 Å². The summed E-state index contributed by atoms with van der Waals surface area (Å²) in [6.45, 7) is 0.0486. The van der Waals surface area contributed by atoms with Crippen molar-refractivity contribution in [3.05, 3.63) is 24.5 Å². The van der Waals surface area contributed by atoms with E-state index in [0.29, 0.717) is 11.4 Å². The van der Waals surface area contributed by atoms with Gasteiger partial charge in [-0.25, -0.2) is 0 Å². The van der Waals surface area contributed by atoms with Crippen LogP contribution in [0.5, 0.6) is 0 Å². The van der Waals surface area contributed by atoms with Crippen LogP contribution in [0.4, 0.5) is 0 Å². The van der Waals surface area contributed by atoms with E-state index in [1.54, 1.807) is 6.07 Å². The summed E-state index contributed by atoms with van der Waals surface area (Å²) in [7, 11) is 0. The van der Waals surface area contributed by atoms with Crippen LogP contribution in [0.25, 0.3) is 11.4 Å². The highest BCUT2D eigenvalue weighted by Crippen LogP contribution is 2.18. The zero-order chi connectivity index (χ0) is 9.97. The summed E-state index contributed by atoms with van der Waals surface area (Å²) in [6, 6.07) is 1.70. The second-order valence-corrected chi connectivity index (χ2v) is 2.72. The van der Waals surface area contributed by atoms with E-state index >= 15 is 0 Å². The zero-order valence-corrected chi connectivity index (χ0v) is 7.25. The Kier molecular flexibility index (Phi) is 2.30. The van der Waals surface area contributed by atoms with E-state index in [1.807, 2.05) is 0 Å². The molecule has 0 bridgehead atoms. The Morgan fingerprint density at radius 3 is 3.07 bits per heavy atom. The van der Waals surface area contributed by atoms with Crippen molar-refractivity contribution < 1.29 is 14.0 Å². The van der Waals surface area contributed by atoms with Crippen molar-refractivity contribution in [3.63, 3.8) is 0 Å². The van der Waals surface area contributed by atoms with Crippen LogP contribution in [0.3, 0.4) is 0 Å². The predicted molar refractivity (Wildman–Crippen MR) is 46.0 cm³/mol. The molecule has 0 spiro atoms. The third kappa shape index (κ3) is 1.52. The van der Waals surface area contributed by atoms with Crippen LogP contribution < -0.4 is 5.73 Å². The Morgan fingerprint density at radius 2 is 2.43 bits per heavy atom. The summed E-state index contributed by atoms with van der Waals surface area (Å²) in [5.41, 5.74) is 5.93. The highest BCUT2D eigenvalue weighted by Gasteiger charge is 2.15. The van der Waals surface area contributed by atoms with E-state index < -0.39 is 6.10 Å². The first-order valence-electron chi connectivity index (χ1n) is 4.05. The van der Waals surface area contributed by atoms with Crippen LogP contribution in [-0.4, -0.2) is 21.8 Å². The molecule has 74 valence electrons. The number of aromatic nitrogens is 2. The lowest BCUT2D eigenvalue weighted by atomic mass is 10.3. The highest BCUT2D eigenvalue weighted by atomic mass is 16.5. The molecule has 0 fully saturated rings. The van der Waals surface area contributed by atoms with Gasteiger partial charge in [0.1, 0.15) is 12.4 Å². The van der Waals surface area contributed by atoms with Crippen LogP contribution in [0.1, 0.15) is 12.0 Å². The maximum atomic E-state index is 9.30. The van der Waals surface area contributed by atoms with Gasteiger partial charge < -0.3 is 19.8 Å². The zero-order valence-electron chi connectivity index (χ0n) is 7.25. The average molecular weight is 195 g/mol. The van der Waals surface area contributed by atoms with Crippen LogP contribution >= 0.6 is 0 Å². The minimum Gasteiger partial charge on any atom is -0.472 e. The van der Waals surface area contributed by atoms with Gasteiger partial charge in [0, 0.05) is 6.54 Å². The second-order valence-electron chi connectivity index (χ2n) is 2.72. The Hall–Kier alpha value is -1.66. The molecular formula is C8H9N3O3. The van der Waals surface area contributed by atoms with Crippen molar-refractivity contribution in [2.45, 2.75) is 6.10 Å². The van der Waals surface area contributed by atoms with Gasteiger partial charge in [0.15, 0.2) is 0 Å². The number of aliphatic hydroxyl groups excluding tert-OH is 1. The first kappa shape index (κ1) is 8.92. The number of aliphatic hydroxyl groups is 1. The maximum Gasteiger partial charge on any atom is 0.257 e. The van der Waals surface area contributed by atoms with Gasteiger partial charge in [-0.2, -0.15) is 4.98 Å². The van der Waals surface area contributed by atoms with Gasteiger partial charge in [0.25, 0.3) is 5.89 Å². The fourth-order valence-corrected chi connectivity index (χ4v) is 0.980. The van der Waals surface area contributed by atoms with Crippen LogP contribution in [0.2, 0.25) is 0 Å². The highest BCUT2D eigenvalue weighted by molar-refractivity contribution is 5.51. The van der Waals surface area contributed by atoms with E-state index in [1.165, 1.54) is 12.5 Å². The molecule has 0 radical (unpaired) electrons. The summed E-state index contributed by atoms with van der Waals surface area (Å²) >= 11 is 0. The van der Waals surface area contributed by atoms with Crippen molar-refractivity contribution in [3.8, 4) is 11.4 Å². The van der Waals surface area contributed by atoms with Crippen molar-refractivity contribution in [2.24, 2.45) is 5.73 Å². The molecule has 6 heteroatoms. The van der Waals surface area contributed by atoms with Gasteiger partial charge in [-0.3, -0.25) is 0 Å². The van der Waals surface area contributed by atoms with E-state index in [2.05, 4.69) is 10.1 Å². The minimum atomic E-state index is -0.914. The Bertz CT molecular complexity index is 396. The largest absolute Gasteiger partial charge is 0.472 e. The lowest BCUT2D eigenvalue weighted by Crippen LogP contribution is -2.11. The molecule has 2 aromatic rings. The normalized spacial score (nSPS) is 13.0. The molecule has 3 N–H and O–H groups in total. The monoisotopic (exact) mass is 195 g/mol. The SMILES string of the molecule is NCC(O)c1nc(-c2ccoc2)no1. The number of hydrogen-bond donors (Lipinski definition) is 2. The first-order chi connectivity index (χ1) is 6.81. The van der Waals surface area contributed by atoms with Gasteiger partial charge in [-0.05, 0) is 6.07 Å². The smallest absolute Gasteiger partial charge is 0.257 e. The molecule has 2 rings (SSSR count). The number of furan rings is 1. The molecule has 2 aromatic heterocycles. The van der Waals surface area contributed by atoms with Gasteiger partial charge in [0.2, 0.25) is 5.82 Å². The molecule has 0 aromatic carbocycles. The molecule has 0 aliphatic rings. The van der Waals surface area contributed by atoms with Crippen molar-refractivity contribution in [1.29, 1.82) is 0 Å². The molecule has 0 saturated heterocycles. The molecule has 2 heterocycles. The Balaban J connectivity index is 2.26. The lowest BCUT2D eigenvalue weighted by Gasteiger charge is -1.97. The number of nitrogens with two attached hydrogens (primary N) is 1. The molecule has 0 amide bonds. The summed E-state index contributed by atoms with van der Waals surface area (Å²) in [5, 5.41) is 13.0. The third-order valence-corrected chi connectivity index (χ3v) is 1.73. The van der Waals surface area contributed by atoms with Crippen molar-refractivity contribution in [1.82, 2.24) is 10.1 Å². The summed E-state index contributed by atoms with van der Waals surface area (Å²) < 4.78 is 9.66. The van der Waals surface area contributed by atoms with E-state index in [9.17, 15) is 5.11 Å². The molecule has 1 atom stereocenters. The van der Waals surface area contributed by atoms with Crippen LogP contribution in [0.15, 0.2) is 27.5 Å². The molecule has 0 aliphatic heterocycles. The summed E-state index contributed by atoms with van der Waals surface area (Å²) in [5.74, 6) is 0.491. The van der Waals surface area contributed by atoms with E-state index in [-0.39, 0.29) is 12.4 Å². The van der Waals surface area contributed by atoms with Gasteiger partial charge >= 0.3 is 0 Å². The third-order valence-electron chi connectivity index (χ3n) is 1.73. The predicted octanol–water partition coefficient (Wildman–Crippen LogP) is 0.322. The second kappa shape index (κ2) is 3.60. The van der Waals surface area contributed by atoms with Gasteiger partial charge in [-0.1, -0.05) is 5.16 Å². The maximum absolute atomic E-state index is 9.30. The summed E-state index contributed by atoms with van der Waals surface area (Å²) in [4.78, 5) is 3.96. The fraction of sp³-hybridized carbons (Fsp3) is 0.250. The molecule has 14 heavy (non-hydrogen) atoms. The number of rotatable bonds is 3. The Morgan fingerprint density at radius 1 is 1.57 bits per heavy atom. The fourth-order valence-electron chi connectivity index (χ4n) is 0.980. The quantitative estimate of drug-likeness (QED) is 0.731. The number of hydrogen-bond acceptors (Lipinski definition) is 6. The standard InChI is InChI=1S/C8H9N3O3/c9-3-6(12)8-10-7(11-14-8)5-1-2-13-4-5/h1-2,4,6,12H,3,9H2. The molecule has 0 saturated carbocycles. The molecule has 6 nitrogen and oxygen atoms in total. The van der Waals surface area contributed by atoms with Crippen molar-refractivity contribution in [2.75, 3.05) is 6.54 Å².